The van der Waals surface area contributed by atoms with E-state index in [-0.39, 0.29) is 17.9 Å². The maximum atomic E-state index is 13.2. The fourth-order valence-corrected chi connectivity index (χ4v) is 3.74. The Morgan fingerprint density at radius 3 is 2.53 bits per heavy atom. The first kappa shape index (κ1) is 22.6. The van der Waals surface area contributed by atoms with E-state index in [4.69, 9.17) is 6.57 Å². The van der Waals surface area contributed by atoms with Crippen LogP contribution in [0.5, 0.6) is 0 Å². The molecule has 34 heavy (non-hydrogen) atoms. The van der Waals surface area contributed by atoms with E-state index >= 15 is 0 Å². The number of benzene rings is 3. The Balaban J connectivity index is 1.60. The van der Waals surface area contributed by atoms with E-state index in [2.05, 4.69) is 9.94 Å². The van der Waals surface area contributed by atoms with Crippen molar-refractivity contribution >= 4 is 17.2 Å². The molecule has 8 heteroatoms. The second kappa shape index (κ2) is 9.48. The first-order chi connectivity index (χ1) is 16.4. The van der Waals surface area contributed by atoms with Gasteiger partial charge >= 0.3 is 0 Å². The Labute approximate surface area is 195 Å². The van der Waals surface area contributed by atoms with Gasteiger partial charge in [0.25, 0.3) is 5.69 Å². The second-order valence-corrected chi connectivity index (χ2v) is 7.81. The topological polar surface area (TPSA) is 103 Å². The van der Waals surface area contributed by atoms with Crippen molar-refractivity contribution in [3.63, 3.8) is 0 Å². The van der Waals surface area contributed by atoms with Crippen LogP contribution in [0.2, 0.25) is 0 Å². The lowest BCUT2D eigenvalue weighted by Crippen LogP contribution is -2.11. The Kier molecular flexibility index (Phi) is 6.30. The molecule has 0 bridgehead atoms. The van der Waals surface area contributed by atoms with E-state index in [1.807, 2.05) is 0 Å². The zero-order valence-electron chi connectivity index (χ0n) is 18.3. The number of nitro groups is 1. The molecular formula is C26H20N4O4. The number of non-ortho nitro benzene ring substituents is 1. The van der Waals surface area contributed by atoms with E-state index in [9.17, 15) is 20.0 Å². The molecule has 8 nitrogen and oxygen atoms in total. The molecule has 1 N–H and O–H groups in total. The number of ketones is 1. The van der Waals surface area contributed by atoms with E-state index in [0.717, 1.165) is 0 Å². The third-order valence-corrected chi connectivity index (χ3v) is 5.35. The van der Waals surface area contributed by atoms with Crippen molar-refractivity contribution in [3.05, 3.63) is 128 Å². The standard InChI is InChI=1S/C26H20N4O4/c1-17-12-24(29(28-17)22-10-5-9-21(16-22)27-2)25(31)14-18-6-3-7-19(13-18)26(32)20-8-4-11-23(15-20)30(33)34/h3-13,15-16,26,32H,14H2,1H3. The Morgan fingerprint density at radius 1 is 1.09 bits per heavy atom. The number of hydrogen-bond acceptors (Lipinski definition) is 5. The summed E-state index contributed by atoms with van der Waals surface area (Å²) >= 11 is 0. The highest BCUT2D eigenvalue weighted by molar-refractivity contribution is 5.96. The van der Waals surface area contributed by atoms with E-state index in [0.29, 0.717) is 39.5 Å². The number of aromatic nitrogens is 2. The fraction of sp³-hybridized carbons (Fsp3) is 0.115. The second-order valence-electron chi connectivity index (χ2n) is 7.81. The molecule has 1 heterocycles. The molecule has 1 atom stereocenters. The lowest BCUT2D eigenvalue weighted by atomic mass is 9.97. The number of Topliss-reactive ketones (excluding diaryl/α,β-unsaturated/α-hetero) is 1. The van der Waals surface area contributed by atoms with Crippen molar-refractivity contribution in [1.82, 2.24) is 9.78 Å². The monoisotopic (exact) mass is 452 g/mol. The Morgan fingerprint density at radius 2 is 1.79 bits per heavy atom. The molecular weight excluding hydrogens is 432 g/mol. The van der Waals surface area contributed by atoms with Gasteiger partial charge in [0.1, 0.15) is 11.8 Å². The molecule has 0 amide bonds. The average molecular weight is 452 g/mol. The summed E-state index contributed by atoms with van der Waals surface area (Å²) in [6.45, 7) is 9.01. The summed E-state index contributed by atoms with van der Waals surface area (Å²) in [6.07, 6.45) is -0.998. The van der Waals surface area contributed by atoms with Crippen molar-refractivity contribution in [2.75, 3.05) is 0 Å². The van der Waals surface area contributed by atoms with Crippen LogP contribution in [0.4, 0.5) is 11.4 Å². The van der Waals surface area contributed by atoms with Crippen LogP contribution in [0, 0.1) is 23.6 Å². The summed E-state index contributed by atoms with van der Waals surface area (Å²) in [5.74, 6) is -0.171. The highest BCUT2D eigenvalue weighted by Gasteiger charge is 2.18. The normalized spacial score (nSPS) is 11.6. The van der Waals surface area contributed by atoms with Crippen LogP contribution in [-0.4, -0.2) is 25.6 Å². The number of hydrogen-bond donors (Lipinski definition) is 1. The summed E-state index contributed by atoms with van der Waals surface area (Å²) in [5.41, 5.74) is 3.65. The number of aliphatic hydroxyl groups excluding tert-OH is 1. The molecule has 0 saturated heterocycles. The molecule has 0 radical (unpaired) electrons. The maximum absolute atomic E-state index is 13.2. The first-order valence-corrected chi connectivity index (χ1v) is 10.4. The van der Waals surface area contributed by atoms with Gasteiger partial charge in [-0.25, -0.2) is 9.53 Å². The molecule has 0 aliphatic heterocycles. The van der Waals surface area contributed by atoms with Crippen LogP contribution in [-0.2, 0) is 6.42 Å². The van der Waals surface area contributed by atoms with Crippen LogP contribution < -0.4 is 0 Å². The minimum Gasteiger partial charge on any atom is -0.384 e. The number of carbonyl (C=O) groups excluding carboxylic acids is 1. The highest BCUT2D eigenvalue weighted by Crippen LogP contribution is 2.26. The molecule has 168 valence electrons. The SMILES string of the molecule is [C-]#[N+]c1cccc(-n2nc(C)cc2C(=O)Cc2cccc(C(O)c3cccc([N+](=O)[O-])c3)c2)c1. The van der Waals surface area contributed by atoms with Crippen LogP contribution >= 0.6 is 0 Å². The van der Waals surface area contributed by atoms with Crippen molar-refractivity contribution < 1.29 is 14.8 Å². The lowest BCUT2D eigenvalue weighted by Gasteiger charge is -2.13. The predicted octanol–water partition coefficient (Wildman–Crippen LogP) is 5.15. The fourth-order valence-electron chi connectivity index (χ4n) is 3.74. The van der Waals surface area contributed by atoms with Gasteiger partial charge in [0.2, 0.25) is 0 Å². The zero-order valence-corrected chi connectivity index (χ0v) is 18.3. The highest BCUT2D eigenvalue weighted by atomic mass is 16.6. The van der Waals surface area contributed by atoms with Crippen molar-refractivity contribution in [1.29, 1.82) is 0 Å². The molecule has 0 spiro atoms. The van der Waals surface area contributed by atoms with Crippen LogP contribution in [0.25, 0.3) is 10.5 Å². The smallest absolute Gasteiger partial charge is 0.269 e. The summed E-state index contributed by atoms with van der Waals surface area (Å²) in [6, 6.07) is 21.4. The number of aliphatic hydroxyl groups is 1. The van der Waals surface area contributed by atoms with E-state index in [1.54, 1.807) is 67.6 Å². The zero-order chi connectivity index (χ0) is 24.2. The van der Waals surface area contributed by atoms with E-state index in [1.165, 1.54) is 22.9 Å². The van der Waals surface area contributed by atoms with Gasteiger partial charge in [-0.3, -0.25) is 14.9 Å². The first-order valence-electron chi connectivity index (χ1n) is 10.4. The van der Waals surface area contributed by atoms with Crippen molar-refractivity contribution in [2.24, 2.45) is 0 Å². The number of nitrogens with zero attached hydrogens (tertiary/aromatic N) is 4. The van der Waals surface area contributed by atoms with Crippen LogP contribution in [0.3, 0.4) is 0 Å². The molecule has 0 aliphatic rings. The Hall–Kier alpha value is -4.61. The van der Waals surface area contributed by atoms with Gasteiger partial charge in [0.15, 0.2) is 11.5 Å². The molecule has 4 aromatic rings. The third kappa shape index (κ3) is 4.75. The van der Waals surface area contributed by atoms with E-state index < -0.39 is 11.0 Å². The van der Waals surface area contributed by atoms with Crippen molar-refractivity contribution in [3.8, 4) is 5.69 Å². The van der Waals surface area contributed by atoms with Gasteiger partial charge in [-0.2, -0.15) is 5.10 Å². The van der Waals surface area contributed by atoms with Gasteiger partial charge in [-0.15, -0.1) is 0 Å². The minimum absolute atomic E-state index is 0.0726. The predicted molar refractivity (Wildman–Crippen MR) is 126 cm³/mol. The number of aryl methyl sites for hydroxylation is 1. The molecule has 0 saturated carbocycles. The van der Waals surface area contributed by atoms with Gasteiger partial charge in [0, 0.05) is 18.6 Å². The lowest BCUT2D eigenvalue weighted by molar-refractivity contribution is -0.385. The summed E-state index contributed by atoms with van der Waals surface area (Å²) < 4.78 is 1.54. The molecule has 4 rings (SSSR count). The number of nitro benzene ring substituents is 1. The largest absolute Gasteiger partial charge is 0.384 e. The summed E-state index contributed by atoms with van der Waals surface area (Å²) in [5, 5.41) is 26.3. The molecule has 0 fully saturated rings. The van der Waals surface area contributed by atoms with Gasteiger partial charge < -0.3 is 5.11 Å². The quantitative estimate of drug-likeness (QED) is 0.181. The number of rotatable bonds is 7. The molecule has 1 unspecified atom stereocenters. The van der Waals surface area contributed by atoms with Gasteiger partial charge in [-0.05, 0) is 41.8 Å². The third-order valence-electron chi connectivity index (χ3n) is 5.35. The molecule has 1 aromatic heterocycles. The molecule has 0 aliphatic carbocycles. The van der Waals surface area contributed by atoms with Crippen LogP contribution in [0.1, 0.15) is 39.0 Å². The Bertz CT molecular complexity index is 1430. The summed E-state index contributed by atoms with van der Waals surface area (Å²) in [4.78, 5) is 27.2. The minimum atomic E-state index is -1.07. The summed E-state index contributed by atoms with van der Waals surface area (Å²) in [7, 11) is 0. The number of carbonyl (C=O) groups is 1. The average Bonchev–Trinajstić information content (AvgIpc) is 3.25. The van der Waals surface area contributed by atoms with Gasteiger partial charge in [0.05, 0.1) is 22.9 Å². The van der Waals surface area contributed by atoms with Gasteiger partial charge in [-0.1, -0.05) is 48.5 Å². The van der Waals surface area contributed by atoms with Crippen molar-refractivity contribution in [2.45, 2.75) is 19.4 Å². The molecule has 3 aromatic carbocycles. The maximum Gasteiger partial charge on any atom is 0.269 e. The van der Waals surface area contributed by atoms with Crippen LogP contribution in [0.15, 0.2) is 78.9 Å².